The van der Waals surface area contributed by atoms with Crippen molar-refractivity contribution in [2.24, 2.45) is 5.92 Å². The summed E-state index contributed by atoms with van der Waals surface area (Å²) in [7, 11) is 3.54. The Morgan fingerprint density at radius 2 is 2.13 bits per heavy atom. The Kier molecular flexibility index (Phi) is 5.05. The van der Waals surface area contributed by atoms with Crippen LogP contribution in [0.25, 0.3) is 0 Å². The molecule has 0 spiro atoms. The van der Waals surface area contributed by atoms with Crippen LogP contribution < -0.4 is 5.32 Å². The summed E-state index contributed by atoms with van der Waals surface area (Å²) in [6.45, 7) is 4.46. The number of carbonyl (C=O) groups is 1. The monoisotopic (exact) mass is 214 g/mol. The first-order chi connectivity index (χ1) is 7.16. The van der Waals surface area contributed by atoms with Gasteiger partial charge in [-0.25, -0.2) is 0 Å². The fourth-order valence-corrected chi connectivity index (χ4v) is 2.04. The average Bonchev–Trinajstić information content (AvgIpc) is 2.28. The minimum absolute atomic E-state index is 0.0325. The van der Waals surface area contributed by atoms with Gasteiger partial charge in [-0.3, -0.25) is 4.79 Å². The quantitative estimate of drug-likeness (QED) is 0.740. The Balaban J connectivity index is 2.43. The maximum absolute atomic E-state index is 12.0. The van der Waals surface area contributed by atoms with Crippen LogP contribution in [0.3, 0.4) is 0 Å². The molecule has 4 heteroatoms. The second-order valence-electron chi connectivity index (χ2n) is 4.29. The summed E-state index contributed by atoms with van der Waals surface area (Å²) in [6.07, 6.45) is 2.11. The Labute approximate surface area is 92.0 Å². The van der Waals surface area contributed by atoms with Crippen molar-refractivity contribution in [1.82, 2.24) is 10.2 Å². The van der Waals surface area contributed by atoms with E-state index < -0.39 is 0 Å². The number of rotatable bonds is 4. The Hall–Kier alpha value is -0.610. The van der Waals surface area contributed by atoms with Crippen molar-refractivity contribution < 1.29 is 9.53 Å². The topological polar surface area (TPSA) is 41.6 Å². The number of ether oxygens (including phenoxy) is 1. The number of nitrogens with one attached hydrogen (secondary N) is 1. The fraction of sp³-hybridized carbons (Fsp3) is 0.909. The zero-order valence-electron chi connectivity index (χ0n) is 9.95. The van der Waals surface area contributed by atoms with Gasteiger partial charge < -0.3 is 15.0 Å². The lowest BCUT2D eigenvalue weighted by Gasteiger charge is -2.33. The molecule has 0 saturated carbocycles. The van der Waals surface area contributed by atoms with Crippen LogP contribution >= 0.6 is 0 Å². The predicted octanol–water partition coefficient (Wildman–Crippen LogP) is 0.479. The fourth-order valence-electron chi connectivity index (χ4n) is 2.04. The molecule has 0 aliphatic carbocycles. The van der Waals surface area contributed by atoms with Crippen LogP contribution in [-0.2, 0) is 9.53 Å². The highest BCUT2D eigenvalue weighted by Gasteiger charge is 2.25. The highest BCUT2D eigenvalue weighted by atomic mass is 16.5. The third-order valence-electron chi connectivity index (χ3n) is 3.04. The summed E-state index contributed by atoms with van der Waals surface area (Å²) in [4.78, 5) is 13.9. The van der Waals surface area contributed by atoms with Gasteiger partial charge in [-0.05, 0) is 25.9 Å². The predicted molar refractivity (Wildman–Crippen MR) is 59.7 cm³/mol. The van der Waals surface area contributed by atoms with Crippen molar-refractivity contribution in [3.63, 3.8) is 0 Å². The highest BCUT2D eigenvalue weighted by Crippen LogP contribution is 2.13. The van der Waals surface area contributed by atoms with Crippen LogP contribution in [0.5, 0.6) is 0 Å². The molecule has 1 aliphatic rings. The van der Waals surface area contributed by atoms with Crippen molar-refractivity contribution in [3.8, 4) is 0 Å². The smallest absolute Gasteiger partial charge is 0.227 e. The third-order valence-corrected chi connectivity index (χ3v) is 3.04. The van der Waals surface area contributed by atoms with Gasteiger partial charge in [-0.2, -0.15) is 0 Å². The molecule has 0 aromatic heterocycles. The van der Waals surface area contributed by atoms with Crippen molar-refractivity contribution >= 4 is 5.91 Å². The van der Waals surface area contributed by atoms with E-state index in [4.69, 9.17) is 4.74 Å². The Morgan fingerprint density at radius 1 is 1.53 bits per heavy atom. The first kappa shape index (κ1) is 12.5. The molecule has 4 nitrogen and oxygen atoms in total. The molecule has 1 fully saturated rings. The molecule has 0 aromatic rings. The van der Waals surface area contributed by atoms with Crippen molar-refractivity contribution in [2.45, 2.75) is 25.8 Å². The zero-order chi connectivity index (χ0) is 11.3. The molecule has 0 bridgehead atoms. The molecule has 1 amide bonds. The molecule has 15 heavy (non-hydrogen) atoms. The van der Waals surface area contributed by atoms with Gasteiger partial charge in [0, 0.05) is 20.2 Å². The lowest BCUT2D eigenvalue weighted by atomic mass is 10.0. The van der Waals surface area contributed by atoms with Crippen molar-refractivity contribution in [1.29, 1.82) is 0 Å². The molecule has 88 valence electrons. The van der Waals surface area contributed by atoms with Gasteiger partial charge in [0.15, 0.2) is 0 Å². The molecule has 1 atom stereocenters. The lowest BCUT2D eigenvalue weighted by molar-refractivity contribution is -0.137. The third kappa shape index (κ3) is 3.47. The van der Waals surface area contributed by atoms with E-state index in [2.05, 4.69) is 5.32 Å². The first-order valence-corrected chi connectivity index (χ1v) is 5.63. The lowest BCUT2D eigenvalue weighted by Crippen LogP contribution is -2.46. The van der Waals surface area contributed by atoms with Gasteiger partial charge in [-0.15, -0.1) is 0 Å². The molecule has 1 rings (SSSR count). The summed E-state index contributed by atoms with van der Waals surface area (Å²) in [5, 5.41) is 3.30. The minimum Gasteiger partial charge on any atom is -0.384 e. The van der Waals surface area contributed by atoms with E-state index >= 15 is 0 Å². The highest BCUT2D eigenvalue weighted by molar-refractivity contribution is 5.78. The van der Waals surface area contributed by atoms with Crippen LogP contribution in [0.15, 0.2) is 0 Å². The van der Waals surface area contributed by atoms with Crippen LogP contribution in [0.2, 0.25) is 0 Å². The van der Waals surface area contributed by atoms with Crippen LogP contribution in [0, 0.1) is 5.92 Å². The summed E-state index contributed by atoms with van der Waals surface area (Å²) >= 11 is 0. The van der Waals surface area contributed by atoms with Gasteiger partial charge in [0.25, 0.3) is 0 Å². The number of piperidine rings is 1. The van der Waals surface area contributed by atoms with Crippen LogP contribution in [0.4, 0.5) is 0 Å². The summed E-state index contributed by atoms with van der Waals surface area (Å²) in [5.74, 6) is 0.165. The van der Waals surface area contributed by atoms with Gasteiger partial charge in [-0.1, -0.05) is 6.92 Å². The zero-order valence-corrected chi connectivity index (χ0v) is 9.95. The largest absolute Gasteiger partial charge is 0.384 e. The van der Waals surface area contributed by atoms with E-state index in [9.17, 15) is 4.79 Å². The van der Waals surface area contributed by atoms with E-state index in [0.29, 0.717) is 12.6 Å². The molecule has 1 unspecified atom stereocenters. The maximum Gasteiger partial charge on any atom is 0.227 e. The summed E-state index contributed by atoms with van der Waals surface area (Å²) in [6, 6.07) is 0.401. The Morgan fingerprint density at radius 3 is 2.67 bits per heavy atom. The number of carbonyl (C=O) groups excluding carboxylic acids is 1. The van der Waals surface area contributed by atoms with E-state index in [1.807, 2.05) is 18.9 Å². The number of amides is 1. The second kappa shape index (κ2) is 6.08. The molecule has 1 N–H and O–H groups in total. The molecule has 0 radical (unpaired) electrons. The van der Waals surface area contributed by atoms with E-state index in [-0.39, 0.29) is 11.8 Å². The summed E-state index contributed by atoms with van der Waals surface area (Å²) in [5.41, 5.74) is 0. The normalized spacial score (nSPS) is 19.9. The van der Waals surface area contributed by atoms with E-state index in [1.54, 1.807) is 7.11 Å². The van der Waals surface area contributed by atoms with Crippen molar-refractivity contribution in [2.75, 3.05) is 33.9 Å². The van der Waals surface area contributed by atoms with Crippen LogP contribution in [0.1, 0.15) is 19.8 Å². The second-order valence-corrected chi connectivity index (χ2v) is 4.29. The van der Waals surface area contributed by atoms with Gasteiger partial charge in [0.2, 0.25) is 5.91 Å². The van der Waals surface area contributed by atoms with Gasteiger partial charge in [0.1, 0.15) is 0 Å². The number of methoxy groups -OCH3 is 1. The number of hydrogen-bond donors (Lipinski definition) is 1. The van der Waals surface area contributed by atoms with Crippen LogP contribution in [-0.4, -0.2) is 50.7 Å². The maximum atomic E-state index is 12.0. The SMILES string of the molecule is COCC(C)C(=O)N(C)C1CCNCC1. The van der Waals surface area contributed by atoms with E-state index in [0.717, 1.165) is 25.9 Å². The minimum atomic E-state index is -0.0325. The number of nitrogens with zero attached hydrogens (tertiary/aromatic N) is 1. The van der Waals surface area contributed by atoms with E-state index in [1.165, 1.54) is 0 Å². The van der Waals surface area contributed by atoms with Gasteiger partial charge in [0.05, 0.1) is 12.5 Å². The molecular formula is C11H22N2O2. The van der Waals surface area contributed by atoms with Gasteiger partial charge >= 0.3 is 0 Å². The van der Waals surface area contributed by atoms with Crippen molar-refractivity contribution in [3.05, 3.63) is 0 Å². The average molecular weight is 214 g/mol. The first-order valence-electron chi connectivity index (χ1n) is 5.63. The molecule has 1 saturated heterocycles. The molecular weight excluding hydrogens is 192 g/mol. The molecule has 0 aromatic carbocycles. The molecule has 1 aliphatic heterocycles. The summed E-state index contributed by atoms with van der Waals surface area (Å²) < 4.78 is 5.00. The standard InChI is InChI=1S/C11H22N2O2/c1-9(8-15-3)11(14)13(2)10-4-6-12-7-5-10/h9-10,12H,4-8H2,1-3H3. The Bertz CT molecular complexity index is 203. The molecule has 1 heterocycles. The number of hydrogen-bond acceptors (Lipinski definition) is 3.